The van der Waals surface area contributed by atoms with Crippen molar-refractivity contribution < 1.29 is 57.3 Å². The molecule has 18 heteroatoms. The fraction of sp³-hybridized carbons (Fsp3) is 0.373. The average Bonchev–Trinajstić information content (AvgIpc) is 3.31. The normalized spacial score (nSPS) is 14.4. The van der Waals surface area contributed by atoms with Crippen molar-refractivity contribution >= 4 is 137 Å². The maximum absolute atomic E-state index is 14.8. The van der Waals surface area contributed by atoms with Crippen LogP contribution in [0.15, 0.2) is 49.6 Å². The molecule has 0 spiro atoms. The van der Waals surface area contributed by atoms with Crippen LogP contribution in [-0.2, 0) is 38.1 Å². The number of unbranched alkanes of at least 4 members (excludes halogenated alkanes) is 1. The minimum Gasteiger partial charge on any atom is -0.463 e. The highest BCUT2D eigenvalue weighted by molar-refractivity contribution is 6.56. The first kappa shape index (κ1) is 51.1. The first-order valence-corrected chi connectivity index (χ1v) is 24.0. The Morgan fingerprint density at radius 1 is 0.609 bits per heavy atom. The van der Waals surface area contributed by atoms with Gasteiger partial charge in [-0.3, -0.25) is 38.6 Å². The number of nitrogens with zero attached hydrogens (tertiary/aromatic N) is 2. The van der Waals surface area contributed by atoms with E-state index in [4.69, 9.17) is 65.4 Å². The van der Waals surface area contributed by atoms with Gasteiger partial charge in [-0.2, -0.15) is 0 Å². The molecule has 7 rings (SSSR count). The van der Waals surface area contributed by atoms with E-state index in [1.807, 2.05) is 20.8 Å². The summed E-state index contributed by atoms with van der Waals surface area (Å²) < 4.78 is 20.7. The fourth-order valence-corrected chi connectivity index (χ4v) is 10.5. The first-order chi connectivity index (χ1) is 32.9. The number of ether oxygens (including phenoxy) is 4. The van der Waals surface area contributed by atoms with E-state index in [-0.39, 0.29) is 72.5 Å². The smallest absolute Gasteiger partial charge is 0.330 e. The molecule has 69 heavy (non-hydrogen) atoms. The van der Waals surface area contributed by atoms with E-state index < -0.39 is 92.3 Å². The number of hydrogen-bond donors (Lipinski definition) is 0. The predicted octanol–water partition coefficient (Wildman–Crippen LogP) is 10.9. The number of imide groups is 2. The summed E-state index contributed by atoms with van der Waals surface area (Å²) in [7, 11) is 0. The molecular weight excluding hydrogens is 974 g/mol. The van der Waals surface area contributed by atoms with E-state index in [9.17, 15) is 38.4 Å². The van der Waals surface area contributed by atoms with Crippen LogP contribution in [0.5, 0.6) is 0 Å². The summed E-state index contributed by atoms with van der Waals surface area (Å²) in [6, 6.07) is 4.93. The van der Waals surface area contributed by atoms with E-state index in [2.05, 4.69) is 20.1 Å². The minimum absolute atomic E-state index is 0.0528. The standard InChI is InChI=1S/C51H48Cl4N2O12/c1-7-11-12-25(8-2)20-56-48(62)28-16-32(52)42-44-34(54)18-30-41-31(19-35(55)45(47(41)44)43-33(53)17-29(49(56)63)40(28)46(42)43)51(65)57(50(30)64)26(15-24(5)6)21-66-38(60)13-14-39(61)69-27(22-67-36(58)9-3)23-68-37(59)10-4/h9-10,16-19,24-27H,3-4,7-8,11-15,20-23H2,1-2,5-6H3. The lowest BCUT2D eigenvalue weighted by Gasteiger charge is -2.35. The molecule has 0 aliphatic carbocycles. The zero-order valence-electron chi connectivity index (χ0n) is 38.3. The van der Waals surface area contributed by atoms with Gasteiger partial charge in [-0.25, -0.2) is 9.59 Å². The lowest BCUT2D eigenvalue weighted by molar-refractivity contribution is -0.165. The molecule has 2 aliphatic heterocycles. The topological polar surface area (TPSA) is 180 Å². The van der Waals surface area contributed by atoms with Crippen molar-refractivity contribution in [1.29, 1.82) is 0 Å². The second kappa shape index (κ2) is 21.1. The van der Waals surface area contributed by atoms with Gasteiger partial charge in [0.15, 0.2) is 6.10 Å². The molecule has 2 unspecified atom stereocenters. The molecule has 362 valence electrons. The number of esters is 4. The number of benzene rings is 5. The fourth-order valence-electron chi connectivity index (χ4n) is 9.29. The quantitative estimate of drug-likeness (QED) is 0.0170. The molecule has 0 saturated heterocycles. The van der Waals surface area contributed by atoms with Crippen molar-refractivity contribution in [2.24, 2.45) is 11.8 Å². The Morgan fingerprint density at radius 3 is 1.45 bits per heavy atom. The number of rotatable bonds is 21. The van der Waals surface area contributed by atoms with Crippen molar-refractivity contribution in [3.8, 4) is 0 Å². The van der Waals surface area contributed by atoms with Gasteiger partial charge in [0.2, 0.25) is 0 Å². The van der Waals surface area contributed by atoms with E-state index >= 15 is 0 Å². The van der Waals surface area contributed by atoms with E-state index in [0.29, 0.717) is 37.7 Å². The van der Waals surface area contributed by atoms with Crippen LogP contribution in [0.1, 0.15) is 114 Å². The van der Waals surface area contributed by atoms with E-state index in [1.165, 1.54) is 29.2 Å². The highest BCUT2D eigenvalue weighted by atomic mass is 35.5. The first-order valence-electron chi connectivity index (χ1n) is 22.5. The summed E-state index contributed by atoms with van der Waals surface area (Å²) in [5.41, 5.74) is 0.544. The van der Waals surface area contributed by atoms with E-state index in [1.54, 1.807) is 0 Å². The molecule has 4 amide bonds. The molecule has 2 aliphatic rings. The van der Waals surface area contributed by atoms with Crippen LogP contribution in [0.2, 0.25) is 20.1 Å². The second-order valence-electron chi connectivity index (χ2n) is 17.5. The van der Waals surface area contributed by atoms with Crippen molar-refractivity contribution in [1.82, 2.24) is 9.80 Å². The molecule has 2 atom stereocenters. The van der Waals surface area contributed by atoms with Crippen molar-refractivity contribution in [3.63, 3.8) is 0 Å². The molecule has 5 aromatic rings. The lowest BCUT2D eigenvalue weighted by atomic mass is 9.81. The highest BCUT2D eigenvalue weighted by Crippen LogP contribution is 2.54. The Kier molecular flexibility index (Phi) is 15.6. The second-order valence-corrected chi connectivity index (χ2v) is 19.1. The molecule has 0 N–H and O–H groups in total. The van der Waals surface area contributed by atoms with Gasteiger partial charge < -0.3 is 18.9 Å². The molecule has 14 nitrogen and oxygen atoms in total. The minimum atomic E-state index is -1.21. The summed E-state index contributed by atoms with van der Waals surface area (Å²) >= 11 is 28.8. The lowest BCUT2D eigenvalue weighted by Crippen LogP contribution is -2.49. The number of hydrogen-bond acceptors (Lipinski definition) is 12. The molecule has 0 fully saturated rings. The van der Waals surface area contributed by atoms with Crippen LogP contribution in [-0.4, -0.2) is 95.8 Å². The van der Waals surface area contributed by atoms with Gasteiger partial charge in [0.1, 0.15) is 19.8 Å². The Bertz CT molecular complexity index is 2860. The summed E-state index contributed by atoms with van der Waals surface area (Å²) in [5, 5.41) is 3.06. The molecule has 2 heterocycles. The van der Waals surface area contributed by atoms with Crippen molar-refractivity contribution in [2.45, 2.75) is 84.8 Å². The molecule has 0 radical (unpaired) electrons. The van der Waals surface area contributed by atoms with Crippen molar-refractivity contribution in [2.75, 3.05) is 26.4 Å². The summed E-state index contributed by atoms with van der Waals surface area (Å²) in [6.45, 7) is 13.3. The van der Waals surface area contributed by atoms with Crippen LogP contribution < -0.4 is 0 Å². The predicted molar refractivity (Wildman–Crippen MR) is 262 cm³/mol. The van der Waals surface area contributed by atoms with Gasteiger partial charge in [0.05, 0.1) is 41.1 Å². The van der Waals surface area contributed by atoms with Gasteiger partial charge in [-0.05, 0) is 48.9 Å². The average molecular weight is 1020 g/mol. The third-order valence-electron chi connectivity index (χ3n) is 12.5. The molecule has 0 aromatic heterocycles. The molecule has 0 bridgehead atoms. The molecular formula is C51H48Cl4N2O12. The summed E-state index contributed by atoms with van der Waals surface area (Å²) in [4.78, 5) is 109. The van der Waals surface area contributed by atoms with Crippen LogP contribution in [0.4, 0.5) is 0 Å². The Labute approximate surface area is 417 Å². The van der Waals surface area contributed by atoms with Gasteiger partial charge in [-0.15, -0.1) is 0 Å². The van der Waals surface area contributed by atoms with Crippen molar-refractivity contribution in [3.05, 3.63) is 91.9 Å². The monoisotopic (exact) mass is 1020 g/mol. The Hall–Kier alpha value is -5.80. The maximum atomic E-state index is 14.8. The maximum Gasteiger partial charge on any atom is 0.330 e. The summed E-state index contributed by atoms with van der Waals surface area (Å²) in [6.07, 6.45) is 3.39. The number of carbonyl (C=O) groups is 8. The highest BCUT2D eigenvalue weighted by Gasteiger charge is 2.42. The largest absolute Gasteiger partial charge is 0.463 e. The van der Waals surface area contributed by atoms with Crippen LogP contribution in [0.3, 0.4) is 0 Å². The van der Waals surface area contributed by atoms with Gasteiger partial charge >= 0.3 is 23.9 Å². The molecule has 0 saturated carbocycles. The number of halogens is 4. The zero-order chi connectivity index (χ0) is 50.2. The SMILES string of the molecule is C=CC(=O)OCC(COC(=O)C=C)OC(=O)CCC(=O)OCC(CC(C)C)N1C(=O)c2cc(Cl)c3c4c(Cl)cc5c6c(cc(Cl)c(c7c(Cl)cc(c2c37)C1=O)c64)C(=O)N(CC(CC)CCCC)C5=O. The number of amides is 4. The Morgan fingerprint density at radius 2 is 1.04 bits per heavy atom. The summed E-state index contributed by atoms with van der Waals surface area (Å²) in [5.74, 6) is -5.82. The zero-order valence-corrected chi connectivity index (χ0v) is 41.3. The third-order valence-corrected chi connectivity index (χ3v) is 13.7. The Balaban J connectivity index is 1.21. The van der Waals surface area contributed by atoms with E-state index in [0.717, 1.165) is 42.7 Å². The van der Waals surface area contributed by atoms with Crippen LogP contribution >= 0.6 is 46.4 Å². The molecule has 5 aromatic carbocycles. The number of carbonyl (C=O) groups excluding carboxylic acids is 8. The van der Waals surface area contributed by atoms with Gasteiger partial charge in [-0.1, -0.05) is 107 Å². The third kappa shape index (κ3) is 9.73. The van der Waals surface area contributed by atoms with Crippen LogP contribution in [0.25, 0.3) is 43.1 Å². The van der Waals surface area contributed by atoms with Gasteiger partial charge in [0, 0.05) is 81.9 Å². The van der Waals surface area contributed by atoms with Crippen LogP contribution in [0, 0.1) is 11.8 Å². The van der Waals surface area contributed by atoms with Gasteiger partial charge in [0.25, 0.3) is 23.6 Å². The number of fused-ring (bicyclic) bond motifs is 2.